The van der Waals surface area contributed by atoms with Crippen LogP contribution >= 0.6 is 0 Å². The number of amides is 1. The van der Waals surface area contributed by atoms with E-state index in [0.29, 0.717) is 18.2 Å². The standard InChI is InChI=1S/C31H34N4O2/c1-37-26-13-11-23(12-14-26)15-18-32-31(36)28-21-30(34-29-10-6-5-9-27(28)29)33-25-16-19-35(20-17-25)22-24-7-3-2-4-8-24/h2-14,21,25H,15-20,22H2,1H3,(H,32,36)(H,33,34). The number of anilines is 1. The average Bonchev–Trinajstić information content (AvgIpc) is 2.94. The summed E-state index contributed by atoms with van der Waals surface area (Å²) in [5.41, 5.74) is 3.99. The van der Waals surface area contributed by atoms with Crippen molar-refractivity contribution in [3.05, 3.63) is 102 Å². The zero-order valence-corrected chi connectivity index (χ0v) is 21.3. The van der Waals surface area contributed by atoms with Crippen molar-refractivity contribution in [2.45, 2.75) is 31.8 Å². The Morgan fingerprint density at radius 2 is 1.68 bits per heavy atom. The van der Waals surface area contributed by atoms with Gasteiger partial charge in [0.15, 0.2) is 0 Å². The minimum atomic E-state index is -0.0761. The predicted octanol–water partition coefficient (Wildman–Crippen LogP) is 5.29. The van der Waals surface area contributed by atoms with E-state index in [4.69, 9.17) is 9.72 Å². The Balaban J connectivity index is 1.21. The Hall–Kier alpha value is -3.90. The van der Waals surface area contributed by atoms with Crippen LogP contribution in [0.25, 0.3) is 10.9 Å². The summed E-state index contributed by atoms with van der Waals surface area (Å²) in [4.78, 5) is 20.5. The van der Waals surface area contributed by atoms with Gasteiger partial charge in [0.25, 0.3) is 5.91 Å². The van der Waals surface area contributed by atoms with Gasteiger partial charge in [-0.05, 0) is 54.7 Å². The number of hydrogen-bond acceptors (Lipinski definition) is 5. The van der Waals surface area contributed by atoms with E-state index in [1.54, 1.807) is 7.11 Å². The van der Waals surface area contributed by atoms with Crippen LogP contribution in [0, 0.1) is 0 Å². The lowest BCUT2D eigenvalue weighted by molar-refractivity contribution is 0.0955. The third-order valence-electron chi connectivity index (χ3n) is 7.01. The quantitative estimate of drug-likeness (QED) is 0.331. The van der Waals surface area contributed by atoms with Gasteiger partial charge >= 0.3 is 0 Å². The van der Waals surface area contributed by atoms with Gasteiger partial charge in [0.05, 0.1) is 18.2 Å². The molecule has 190 valence electrons. The van der Waals surface area contributed by atoms with E-state index in [1.165, 1.54) is 5.56 Å². The fourth-order valence-electron chi connectivity index (χ4n) is 4.93. The van der Waals surface area contributed by atoms with E-state index in [0.717, 1.165) is 66.9 Å². The number of aromatic nitrogens is 1. The largest absolute Gasteiger partial charge is 0.497 e. The molecule has 2 heterocycles. The van der Waals surface area contributed by atoms with Crippen molar-refractivity contribution < 1.29 is 9.53 Å². The van der Waals surface area contributed by atoms with Gasteiger partial charge in [0.2, 0.25) is 0 Å². The van der Waals surface area contributed by atoms with Crippen LogP contribution in [0.4, 0.5) is 5.82 Å². The van der Waals surface area contributed by atoms with Gasteiger partial charge in [-0.25, -0.2) is 4.98 Å². The number of para-hydroxylation sites is 1. The van der Waals surface area contributed by atoms with Gasteiger partial charge in [0.1, 0.15) is 11.6 Å². The van der Waals surface area contributed by atoms with Crippen LogP contribution in [0.3, 0.4) is 0 Å². The number of carbonyl (C=O) groups is 1. The van der Waals surface area contributed by atoms with Crippen molar-refractivity contribution in [3.63, 3.8) is 0 Å². The second-order valence-corrected chi connectivity index (χ2v) is 9.61. The molecular weight excluding hydrogens is 460 g/mol. The van der Waals surface area contributed by atoms with Crippen LogP contribution in [-0.2, 0) is 13.0 Å². The molecule has 1 aromatic heterocycles. The topological polar surface area (TPSA) is 66.5 Å². The number of methoxy groups -OCH3 is 1. The highest BCUT2D eigenvalue weighted by Gasteiger charge is 2.21. The van der Waals surface area contributed by atoms with Crippen LogP contribution in [0.15, 0.2) is 84.9 Å². The minimum absolute atomic E-state index is 0.0761. The molecule has 0 unspecified atom stereocenters. The first kappa shape index (κ1) is 24.8. The third-order valence-corrected chi connectivity index (χ3v) is 7.01. The summed E-state index contributed by atoms with van der Waals surface area (Å²) in [6.45, 7) is 3.63. The molecule has 6 nitrogen and oxygen atoms in total. The Kier molecular flexibility index (Phi) is 7.96. The van der Waals surface area contributed by atoms with Crippen molar-refractivity contribution in [3.8, 4) is 5.75 Å². The van der Waals surface area contributed by atoms with Crippen LogP contribution in [0.5, 0.6) is 5.75 Å². The summed E-state index contributed by atoms with van der Waals surface area (Å²) in [5, 5.41) is 7.58. The molecule has 37 heavy (non-hydrogen) atoms. The molecular formula is C31H34N4O2. The number of rotatable bonds is 9. The van der Waals surface area contributed by atoms with E-state index >= 15 is 0 Å². The normalized spacial score (nSPS) is 14.4. The molecule has 0 bridgehead atoms. The van der Waals surface area contributed by atoms with Crippen molar-refractivity contribution >= 4 is 22.6 Å². The zero-order valence-electron chi connectivity index (χ0n) is 21.3. The van der Waals surface area contributed by atoms with E-state index in [9.17, 15) is 4.79 Å². The Bertz CT molecular complexity index is 1320. The monoisotopic (exact) mass is 494 g/mol. The van der Waals surface area contributed by atoms with E-state index < -0.39 is 0 Å². The molecule has 2 N–H and O–H groups in total. The molecule has 5 rings (SSSR count). The second kappa shape index (κ2) is 11.9. The maximum atomic E-state index is 13.2. The zero-order chi connectivity index (χ0) is 25.5. The molecule has 0 atom stereocenters. The highest BCUT2D eigenvalue weighted by molar-refractivity contribution is 6.07. The fraction of sp³-hybridized carbons (Fsp3) is 0.290. The summed E-state index contributed by atoms with van der Waals surface area (Å²) in [7, 11) is 1.66. The molecule has 6 heteroatoms. The van der Waals surface area contributed by atoms with Gasteiger partial charge in [-0.1, -0.05) is 60.7 Å². The number of likely N-dealkylation sites (tertiary alicyclic amines) is 1. The van der Waals surface area contributed by atoms with Gasteiger partial charge in [-0.15, -0.1) is 0 Å². The summed E-state index contributed by atoms with van der Waals surface area (Å²) in [5.74, 6) is 1.52. The molecule has 0 saturated carbocycles. The van der Waals surface area contributed by atoms with Crippen molar-refractivity contribution in [1.82, 2.24) is 15.2 Å². The van der Waals surface area contributed by atoms with Crippen LogP contribution in [0.2, 0.25) is 0 Å². The molecule has 1 aliphatic rings. The molecule has 1 fully saturated rings. The van der Waals surface area contributed by atoms with Crippen molar-refractivity contribution in [2.75, 3.05) is 32.1 Å². The van der Waals surface area contributed by atoms with Crippen LogP contribution < -0.4 is 15.4 Å². The van der Waals surface area contributed by atoms with Gasteiger partial charge < -0.3 is 15.4 Å². The molecule has 4 aromatic rings. The van der Waals surface area contributed by atoms with Gasteiger partial charge in [-0.3, -0.25) is 9.69 Å². The highest BCUT2D eigenvalue weighted by atomic mass is 16.5. The lowest BCUT2D eigenvalue weighted by Gasteiger charge is -2.32. The van der Waals surface area contributed by atoms with Gasteiger partial charge in [-0.2, -0.15) is 0 Å². The number of nitrogens with one attached hydrogen (secondary N) is 2. The maximum absolute atomic E-state index is 13.2. The molecule has 0 radical (unpaired) electrons. The van der Waals surface area contributed by atoms with E-state index in [2.05, 4.69) is 45.9 Å². The Labute approximate surface area is 218 Å². The summed E-state index contributed by atoms with van der Waals surface area (Å²) in [6, 6.07) is 28.7. The number of ether oxygens (including phenoxy) is 1. The van der Waals surface area contributed by atoms with Crippen molar-refractivity contribution in [2.24, 2.45) is 0 Å². The number of piperidine rings is 1. The van der Waals surface area contributed by atoms with Crippen molar-refractivity contribution in [1.29, 1.82) is 0 Å². The molecule has 1 aliphatic heterocycles. The number of benzene rings is 3. The number of nitrogens with zero attached hydrogens (tertiary/aromatic N) is 2. The third kappa shape index (κ3) is 6.46. The first-order valence-electron chi connectivity index (χ1n) is 13.0. The summed E-state index contributed by atoms with van der Waals surface area (Å²) >= 11 is 0. The summed E-state index contributed by atoms with van der Waals surface area (Å²) < 4.78 is 5.22. The molecule has 1 saturated heterocycles. The number of fused-ring (bicyclic) bond motifs is 1. The SMILES string of the molecule is COc1ccc(CCNC(=O)c2cc(NC3CCN(Cc4ccccc4)CC3)nc3ccccc23)cc1. The Morgan fingerprint density at radius 3 is 2.43 bits per heavy atom. The fourth-order valence-corrected chi connectivity index (χ4v) is 4.93. The second-order valence-electron chi connectivity index (χ2n) is 9.61. The van der Waals surface area contributed by atoms with Crippen LogP contribution in [0.1, 0.15) is 34.3 Å². The van der Waals surface area contributed by atoms with Gasteiger partial charge in [0, 0.05) is 37.6 Å². The summed E-state index contributed by atoms with van der Waals surface area (Å²) in [6.07, 6.45) is 2.85. The van der Waals surface area contributed by atoms with Crippen LogP contribution in [-0.4, -0.2) is 48.6 Å². The predicted molar refractivity (Wildman–Crippen MR) is 149 cm³/mol. The molecule has 1 amide bonds. The lowest BCUT2D eigenvalue weighted by Crippen LogP contribution is -2.38. The number of hydrogen-bond donors (Lipinski definition) is 2. The highest BCUT2D eigenvalue weighted by Crippen LogP contribution is 2.23. The smallest absolute Gasteiger partial charge is 0.252 e. The number of pyridine rings is 1. The minimum Gasteiger partial charge on any atom is -0.497 e. The molecule has 3 aromatic carbocycles. The first-order valence-corrected chi connectivity index (χ1v) is 13.0. The van der Waals surface area contributed by atoms with E-state index in [-0.39, 0.29) is 5.91 Å². The molecule has 0 spiro atoms. The number of carbonyl (C=O) groups excluding carboxylic acids is 1. The maximum Gasteiger partial charge on any atom is 0.252 e. The lowest BCUT2D eigenvalue weighted by atomic mass is 10.0. The van der Waals surface area contributed by atoms with E-state index in [1.807, 2.05) is 54.6 Å². The Morgan fingerprint density at radius 1 is 0.946 bits per heavy atom. The first-order chi connectivity index (χ1) is 18.2. The average molecular weight is 495 g/mol. The molecule has 0 aliphatic carbocycles.